The Balaban J connectivity index is 2.21. The maximum Gasteiger partial charge on any atom is 0.229 e. The topological polar surface area (TPSA) is 51.1 Å². The fraction of sp³-hybridized carbons (Fsp3) is 0.250. The summed E-state index contributed by atoms with van der Waals surface area (Å²) in [5.41, 5.74) is 2.67. The van der Waals surface area contributed by atoms with Crippen LogP contribution in [0.4, 0.5) is 5.69 Å². The van der Waals surface area contributed by atoms with Gasteiger partial charge in [-0.3, -0.25) is 4.72 Å². The lowest BCUT2D eigenvalue weighted by Crippen LogP contribution is -2.09. The Morgan fingerprint density at radius 3 is 2.52 bits per heavy atom. The second-order valence-electron chi connectivity index (χ2n) is 5.75. The third kappa shape index (κ3) is 3.39. The average Bonchev–Trinajstić information content (AvgIpc) is 3.00. The minimum Gasteiger partial charge on any atom is -0.344 e. The molecule has 3 rings (SSSR count). The standard InChI is InChI=1S/C16H17ClN2O2S2/c1-10(2)19-9-13(15-6-7-16(17)22-15)12-5-4-11(8-14(12)19)18-23(3,20)21/h4-10,18H,1-3H3. The van der Waals surface area contributed by atoms with E-state index in [0.717, 1.165) is 31.9 Å². The summed E-state index contributed by atoms with van der Waals surface area (Å²) in [6, 6.07) is 9.76. The van der Waals surface area contributed by atoms with Crippen LogP contribution >= 0.6 is 22.9 Å². The van der Waals surface area contributed by atoms with Gasteiger partial charge in [-0.15, -0.1) is 11.3 Å². The van der Waals surface area contributed by atoms with Crippen LogP contribution in [-0.2, 0) is 10.0 Å². The molecule has 0 saturated heterocycles. The molecule has 4 nitrogen and oxygen atoms in total. The summed E-state index contributed by atoms with van der Waals surface area (Å²) < 4.78 is 28.3. The highest BCUT2D eigenvalue weighted by atomic mass is 35.5. The summed E-state index contributed by atoms with van der Waals surface area (Å²) in [4.78, 5) is 1.10. The van der Waals surface area contributed by atoms with E-state index in [4.69, 9.17) is 11.6 Å². The lowest BCUT2D eigenvalue weighted by Gasteiger charge is -2.10. The highest BCUT2D eigenvalue weighted by Crippen LogP contribution is 2.38. The van der Waals surface area contributed by atoms with Gasteiger partial charge < -0.3 is 4.57 Å². The normalized spacial score (nSPS) is 12.2. The molecule has 2 aromatic heterocycles. The zero-order chi connectivity index (χ0) is 16.8. The second-order valence-corrected chi connectivity index (χ2v) is 9.22. The Morgan fingerprint density at radius 1 is 1.22 bits per heavy atom. The maximum absolute atomic E-state index is 11.5. The van der Waals surface area contributed by atoms with Gasteiger partial charge in [0.05, 0.1) is 21.8 Å². The van der Waals surface area contributed by atoms with E-state index in [2.05, 4.69) is 29.3 Å². The second kappa shape index (κ2) is 5.85. The first kappa shape index (κ1) is 16.4. The van der Waals surface area contributed by atoms with Crippen molar-refractivity contribution < 1.29 is 8.42 Å². The molecule has 0 aliphatic heterocycles. The third-order valence-electron chi connectivity index (χ3n) is 3.53. The van der Waals surface area contributed by atoms with Crippen LogP contribution in [0.5, 0.6) is 0 Å². The Hall–Kier alpha value is -1.50. The molecule has 3 aromatic rings. The predicted octanol–water partition coefficient (Wildman–Crippen LogP) is 4.98. The van der Waals surface area contributed by atoms with Crippen molar-refractivity contribution in [2.75, 3.05) is 11.0 Å². The van der Waals surface area contributed by atoms with Gasteiger partial charge in [0.25, 0.3) is 0 Å². The molecule has 7 heteroatoms. The van der Waals surface area contributed by atoms with Crippen LogP contribution in [0.1, 0.15) is 19.9 Å². The number of nitrogens with one attached hydrogen (secondary N) is 1. The number of anilines is 1. The molecule has 0 aliphatic carbocycles. The zero-order valence-electron chi connectivity index (χ0n) is 13.0. The lowest BCUT2D eigenvalue weighted by atomic mass is 10.1. The highest BCUT2D eigenvalue weighted by molar-refractivity contribution is 7.92. The van der Waals surface area contributed by atoms with E-state index in [1.165, 1.54) is 11.3 Å². The number of sulfonamides is 1. The van der Waals surface area contributed by atoms with Crippen LogP contribution in [0, 0.1) is 0 Å². The van der Waals surface area contributed by atoms with Crippen LogP contribution in [0.15, 0.2) is 36.5 Å². The van der Waals surface area contributed by atoms with E-state index in [-0.39, 0.29) is 6.04 Å². The van der Waals surface area contributed by atoms with Gasteiger partial charge in [-0.05, 0) is 38.1 Å². The number of halogens is 1. The van der Waals surface area contributed by atoms with Crippen molar-refractivity contribution in [3.63, 3.8) is 0 Å². The number of hydrogen-bond donors (Lipinski definition) is 1. The molecule has 0 fully saturated rings. The summed E-state index contributed by atoms with van der Waals surface area (Å²) in [5, 5.41) is 1.08. The van der Waals surface area contributed by atoms with Crippen LogP contribution in [-0.4, -0.2) is 19.2 Å². The van der Waals surface area contributed by atoms with Crippen molar-refractivity contribution >= 4 is 49.6 Å². The fourth-order valence-electron chi connectivity index (χ4n) is 2.61. The molecule has 0 spiro atoms. The summed E-state index contributed by atoms with van der Waals surface area (Å²) in [6.45, 7) is 4.20. The number of benzene rings is 1. The number of rotatable bonds is 4. The smallest absolute Gasteiger partial charge is 0.229 e. The summed E-state index contributed by atoms with van der Waals surface area (Å²) in [6.07, 6.45) is 3.25. The van der Waals surface area contributed by atoms with E-state index in [9.17, 15) is 8.42 Å². The molecule has 23 heavy (non-hydrogen) atoms. The minimum absolute atomic E-state index is 0.259. The SMILES string of the molecule is CC(C)n1cc(-c2ccc(Cl)s2)c2ccc(NS(C)(=O)=O)cc21. The van der Waals surface area contributed by atoms with Crippen molar-refractivity contribution in [3.8, 4) is 10.4 Å². The number of thiophene rings is 1. The largest absolute Gasteiger partial charge is 0.344 e. The summed E-state index contributed by atoms with van der Waals surface area (Å²) in [5.74, 6) is 0. The molecule has 2 heterocycles. The van der Waals surface area contributed by atoms with Crippen molar-refractivity contribution in [2.45, 2.75) is 19.9 Å². The van der Waals surface area contributed by atoms with Crippen molar-refractivity contribution in [1.82, 2.24) is 4.57 Å². The Kier molecular flexibility index (Phi) is 4.16. The Labute approximate surface area is 144 Å². The first-order valence-electron chi connectivity index (χ1n) is 7.13. The summed E-state index contributed by atoms with van der Waals surface area (Å²) >= 11 is 7.60. The van der Waals surface area contributed by atoms with E-state index in [0.29, 0.717) is 5.69 Å². The van der Waals surface area contributed by atoms with Gasteiger partial charge in [0.15, 0.2) is 0 Å². The number of aromatic nitrogens is 1. The molecule has 0 bridgehead atoms. The lowest BCUT2D eigenvalue weighted by molar-refractivity contribution is 0.607. The summed E-state index contributed by atoms with van der Waals surface area (Å²) in [7, 11) is -3.30. The molecule has 0 radical (unpaired) electrons. The van der Waals surface area contributed by atoms with Gasteiger partial charge in [-0.2, -0.15) is 0 Å². The van der Waals surface area contributed by atoms with Gasteiger partial charge in [-0.25, -0.2) is 8.42 Å². The molecule has 0 amide bonds. The van der Waals surface area contributed by atoms with Gasteiger partial charge in [0, 0.05) is 28.1 Å². The van der Waals surface area contributed by atoms with Crippen LogP contribution in [0.3, 0.4) is 0 Å². The van der Waals surface area contributed by atoms with Gasteiger partial charge in [0.2, 0.25) is 10.0 Å². The van der Waals surface area contributed by atoms with Gasteiger partial charge in [-0.1, -0.05) is 17.7 Å². The van der Waals surface area contributed by atoms with Crippen molar-refractivity contribution in [1.29, 1.82) is 0 Å². The zero-order valence-corrected chi connectivity index (χ0v) is 15.4. The predicted molar refractivity (Wildman–Crippen MR) is 99.1 cm³/mol. The van der Waals surface area contributed by atoms with Gasteiger partial charge in [0.1, 0.15) is 0 Å². The highest BCUT2D eigenvalue weighted by Gasteiger charge is 2.15. The molecular formula is C16H17ClN2O2S2. The first-order chi connectivity index (χ1) is 10.7. The van der Waals surface area contributed by atoms with Crippen molar-refractivity contribution in [2.24, 2.45) is 0 Å². The molecule has 0 atom stereocenters. The Bertz CT molecular complexity index is 971. The molecule has 122 valence electrons. The molecule has 0 unspecified atom stereocenters. The molecule has 1 aromatic carbocycles. The number of fused-ring (bicyclic) bond motifs is 1. The number of nitrogens with zero attached hydrogens (tertiary/aromatic N) is 1. The molecule has 0 saturated carbocycles. The van der Waals surface area contributed by atoms with E-state index < -0.39 is 10.0 Å². The van der Waals surface area contributed by atoms with E-state index in [1.807, 2.05) is 24.3 Å². The average molecular weight is 369 g/mol. The first-order valence-corrected chi connectivity index (χ1v) is 10.2. The quantitative estimate of drug-likeness (QED) is 0.706. The monoisotopic (exact) mass is 368 g/mol. The van der Waals surface area contributed by atoms with Crippen LogP contribution < -0.4 is 4.72 Å². The molecule has 1 N–H and O–H groups in total. The number of hydrogen-bond acceptors (Lipinski definition) is 3. The van der Waals surface area contributed by atoms with Gasteiger partial charge >= 0.3 is 0 Å². The van der Waals surface area contributed by atoms with Crippen LogP contribution in [0.2, 0.25) is 4.34 Å². The minimum atomic E-state index is -3.30. The van der Waals surface area contributed by atoms with E-state index in [1.54, 1.807) is 6.07 Å². The molecular weight excluding hydrogens is 352 g/mol. The molecule has 0 aliphatic rings. The Morgan fingerprint density at radius 2 is 1.96 bits per heavy atom. The van der Waals surface area contributed by atoms with Crippen molar-refractivity contribution in [3.05, 3.63) is 40.9 Å². The third-order valence-corrected chi connectivity index (χ3v) is 5.40. The van der Waals surface area contributed by atoms with Crippen LogP contribution in [0.25, 0.3) is 21.3 Å². The van der Waals surface area contributed by atoms with E-state index >= 15 is 0 Å². The fourth-order valence-corrected chi connectivity index (χ4v) is 4.23. The maximum atomic E-state index is 11.5.